The molecule has 1 aliphatic heterocycles. The first-order valence-electron chi connectivity index (χ1n) is 7.43. The van der Waals surface area contributed by atoms with Crippen molar-refractivity contribution < 1.29 is 4.74 Å². The number of benzene rings is 1. The second-order valence-corrected chi connectivity index (χ2v) is 5.77. The van der Waals surface area contributed by atoms with Crippen molar-refractivity contribution in [3.8, 4) is 0 Å². The molecule has 1 unspecified atom stereocenters. The minimum Gasteiger partial charge on any atom is -0.381 e. The van der Waals surface area contributed by atoms with Gasteiger partial charge in [-0.3, -0.25) is 4.98 Å². The van der Waals surface area contributed by atoms with Gasteiger partial charge in [0, 0.05) is 30.3 Å². The first-order valence-corrected chi connectivity index (χ1v) is 7.43. The van der Waals surface area contributed by atoms with Crippen LogP contribution in [0.2, 0.25) is 0 Å². The SMILES string of the molecule is Cc1cc(C(N)CC2CCOCC2)c2ccccc2n1. The lowest BCUT2D eigenvalue weighted by Gasteiger charge is -2.25. The number of nitrogens with zero attached hydrogens (tertiary/aromatic N) is 1. The maximum absolute atomic E-state index is 6.49. The fourth-order valence-electron chi connectivity index (χ4n) is 3.12. The fourth-order valence-corrected chi connectivity index (χ4v) is 3.12. The topological polar surface area (TPSA) is 48.1 Å². The molecule has 106 valence electrons. The van der Waals surface area contributed by atoms with Gasteiger partial charge in [-0.2, -0.15) is 0 Å². The van der Waals surface area contributed by atoms with Crippen LogP contribution in [0.25, 0.3) is 10.9 Å². The standard InChI is InChI=1S/C17H22N2O/c1-12-10-15(14-4-2-3-5-17(14)19-12)16(18)11-13-6-8-20-9-7-13/h2-5,10,13,16H,6-9,11,18H2,1H3. The maximum atomic E-state index is 6.49. The van der Waals surface area contributed by atoms with Crippen molar-refractivity contribution in [2.24, 2.45) is 11.7 Å². The highest BCUT2D eigenvalue weighted by Crippen LogP contribution is 2.30. The fraction of sp³-hybridized carbons (Fsp3) is 0.471. The van der Waals surface area contributed by atoms with Gasteiger partial charge in [-0.05, 0) is 49.8 Å². The molecule has 2 heterocycles. The third-order valence-corrected chi connectivity index (χ3v) is 4.20. The summed E-state index contributed by atoms with van der Waals surface area (Å²) >= 11 is 0. The highest BCUT2D eigenvalue weighted by Gasteiger charge is 2.19. The number of para-hydroxylation sites is 1. The summed E-state index contributed by atoms with van der Waals surface area (Å²) in [6.07, 6.45) is 3.31. The van der Waals surface area contributed by atoms with Crippen LogP contribution in [0.4, 0.5) is 0 Å². The van der Waals surface area contributed by atoms with E-state index in [4.69, 9.17) is 10.5 Å². The minimum atomic E-state index is 0.0877. The molecule has 0 spiro atoms. The van der Waals surface area contributed by atoms with Crippen LogP contribution in [0, 0.1) is 12.8 Å². The zero-order chi connectivity index (χ0) is 13.9. The van der Waals surface area contributed by atoms with Gasteiger partial charge in [0.05, 0.1) is 5.52 Å². The molecule has 0 radical (unpaired) electrons. The van der Waals surface area contributed by atoms with E-state index in [0.29, 0.717) is 5.92 Å². The maximum Gasteiger partial charge on any atom is 0.0708 e. The summed E-state index contributed by atoms with van der Waals surface area (Å²) in [4.78, 5) is 4.59. The number of pyridine rings is 1. The predicted octanol–water partition coefficient (Wildman–Crippen LogP) is 3.36. The summed E-state index contributed by atoms with van der Waals surface area (Å²) in [5, 5.41) is 1.19. The molecule has 0 aliphatic carbocycles. The summed E-state index contributed by atoms with van der Waals surface area (Å²) in [6.45, 7) is 3.80. The summed E-state index contributed by atoms with van der Waals surface area (Å²) in [5.74, 6) is 0.686. The minimum absolute atomic E-state index is 0.0877. The van der Waals surface area contributed by atoms with Gasteiger partial charge in [-0.1, -0.05) is 18.2 Å². The van der Waals surface area contributed by atoms with Gasteiger partial charge in [0.25, 0.3) is 0 Å². The van der Waals surface area contributed by atoms with Crippen LogP contribution in [0.1, 0.15) is 36.6 Å². The van der Waals surface area contributed by atoms with E-state index in [1.165, 1.54) is 10.9 Å². The molecule has 2 N–H and O–H groups in total. The molecule has 3 rings (SSSR count). The molecule has 3 nitrogen and oxygen atoms in total. The summed E-state index contributed by atoms with van der Waals surface area (Å²) in [5.41, 5.74) is 9.82. The Balaban J connectivity index is 1.88. The monoisotopic (exact) mass is 270 g/mol. The van der Waals surface area contributed by atoms with Crippen LogP contribution < -0.4 is 5.73 Å². The molecule has 1 aromatic carbocycles. The number of hydrogen-bond acceptors (Lipinski definition) is 3. The van der Waals surface area contributed by atoms with Crippen molar-refractivity contribution in [3.63, 3.8) is 0 Å². The number of fused-ring (bicyclic) bond motifs is 1. The predicted molar refractivity (Wildman–Crippen MR) is 81.6 cm³/mol. The van der Waals surface area contributed by atoms with E-state index in [1.54, 1.807) is 0 Å². The van der Waals surface area contributed by atoms with Crippen LogP contribution in [0.5, 0.6) is 0 Å². The Morgan fingerprint density at radius 2 is 2.05 bits per heavy atom. The van der Waals surface area contributed by atoms with Crippen molar-refractivity contribution in [1.82, 2.24) is 4.98 Å². The highest BCUT2D eigenvalue weighted by molar-refractivity contribution is 5.82. The number of hydrogen-bond donors (Lipinski definition) is 1. The molecule has 1 atom stereocenters. The third-order valence-electron chi connectivity index (χ3n) is 4.20. The lowest BCUT2D eigenvalue weighted by Crippen LogP contribution is -2.21. The van der Waals surface area contributed by atoms with E-state index in [9.17, 15) is 0 Å². The molecule has 1 aromatic heterocycles. The molecule has 1 saturated heterocycles. The third kappa shape index (κ3) is 2.84. The van der Waals surface area contributed by atoms with Crippen molar-refractivity contribution >= 4 is 10.9 Å². The van der Waals surface area contributed by atoms with E-state index in [2.05, 4.69) is 29.2 Å². The zero-order valence-electron chi connectivity index (χ0n) is 12.0. The number of aromatic nitrogens is 1. The second-order valence-electron chi connectivity index (χ2n) is 5.77. The number of ether oxygens (including phenoxy) is 1. The van der Waals surface area contributed by atoms with E-state index < -0.39 is 0 Å². The Kier molecular flexibility index (Phi) is 3.99. The number of nitrogens with two attached hydrogens (primary N) is 1. The first-order chi connectivity index (χ1) is 9.74. The molecule has 0 amide bonds. The molecular weight excluding hydrogens is 248 g/mol. The average molecular weight is 270 g/mol. The van der Waals surface area contributed by atoms with Crippen LogP contribution in [0.3, 0.4) is 0 Å². The quantitative estimate of drug-likeness (QED) is 0.930. The molecule has 0 bridgehead atoms. The van der Waals surface area contributed by atoms with E-state index in [0.717, 1.165) is 43.7 Å². The van der Waals surface area contributed by atoms with Gasteiger partial charge < -0.3 is 10.5 Å². The number of rotatable bonds is 3. The highest BCUT2D eigenvalue weighted by atomic mass is 16.5. The van der Waals surface area contributed by atoms with Gasteiger partial charge in [-0.15, -0.1) is 0 Å². The van der Waals surface area contributed by atoms with Crippen LogP contribution in [-0.4, -0.2) is 18.2 Å². The molecule has 20 heavy (non-hydrogen) atoms. The molecular formula is C17H22N2O. The molecule has 1 fully saturated rings. The first kappa shape index (κ1) is 13.5. The van der Waals surface area contributed by atoms with Crippen LogP contribution >= 0.6 is 0 Å². The molecule has 0 saturated carbocycles. The summed E-state index contributed by atoms with van der Waals surface area (Å²) < 4.78 is 5.43. The average Bonchev–Trinajstić information content (AvgIpc) is 2.47. The summed E-state index contributed by atoms with van der Waals surface area (Å²) in [6, 6.07) is 10.5. The Labute approximate surface area is 120 Å². The van der Waals surface area contributed by atoms with Crippen molar-refractivity contribution in [3.05, 3.63) is 41.6 Å². The van der Waals surface area contributed by atoms with Crippen molar-refractivity contribution in [1.29, 1.82) is 0 Å². The largest absolute Gasteiger partial charge is 0.381 e. The van der Waals surface area contributed by atoms with E-state index in [1.807, 2.05) is 13.0 Å². The lowest BCUT2D eigenvalue weighted by molar-refractivity contribution is 0.0619. The van der Waals surface area contributed by atoms with Crippen molar-refractivity contribution in [2.75, 3.05) is 13.2 Å². The normalized spacial score (nSPS) is 18.3. The van der Waals surface area contributed by atoms with Gasteiger partial charge in [-0.25, -0.2) is 0 Å². The Morgan fingerprint density at radius 1 is 1.30 bits per heavy atom. The Bertz CT molecular complexity index is 591. The van der Waals surface area contributed by atoms with Crippen molar-refractivity contribution in [2.45, 2.75) is 32.2 Å². The van der Waals surface area contributed by atoms with E-state index >= 15 is 0 Å². The van der Waals surface area contributed by atoms with Gasteiger partial charge in [0.15, 0.2) is 0 Å². The summed E-state index contributed by atoms with van der Waals surface area (Å²) in [7, 11) is 0. The van der Waals surface area contributed by atoms with Crippen LogP contribution in [0.15, 0.2) is 30.3 Å². The van der Waals surface area contributed by atoms with Crippen LogP contribution in [-0.2, 0) is 4.74 Å². The van der Waals surface area contributed by atoms with Gasteiger partial charge >= 0.3 is 0 Å². The second kappa shape index (κ2) is 5.90. The zero-order valence-corrected chi connectivity index (χ0v) is 12.0. The van der Waals surface area contributed by atoms with E-state index in [-0.39, 0.29) is 6.04 Å². The van der Waals surface area contributed by atoms with Gasteiger partial charge in [0.2, 0.25) is 0 Å². The molecule has 2 aromatic rings. The molecule has 1 aliphatic rings. The number of aryl methyl sites for hydroxylation is 1. The lowest BCUT2D eigenvalue weighted by atomic mass is 9.88. The molecule has 3 heteroatoms. The smallest absolute Gasteiger partial charge is 0.0708 e. The Hall–Kier alpha value is -1.45. The Morgan fingerprint density at radius 3 is 2.85 bits per heavy atom. The van der Waals surface area contributed by atoms with Gasteiger partial charge in [0.1, 0.15) is 0 Å².